The molecule has 2 rings (SSSR count). The van der Waals surface area contributed by atoms with Gasteiger partial charge in [0, 0.05) is 12.5 Å². The lowest BCUT2D eigenvalue weighted by atomic mass is 10.2. The van der Waals surface area contributed by atoms with Crippen LogP contribution in [0.2, 0.25) is 0 Å². The number of hydrogen-bond donors (Lipinski definition) is 0. The SMILES string of the molecule is [CH2]C1=Cc2ccccc2OO1. The van der Waals surface area contributed by atoms with E-state index in [1.807, 2.05) is 30.3 Å². The van der Waals surface area contributed by atoms with Gasteiger partial charge in [-0.05, 0) is 12.1 Å². The minimum absolute atomic E-state index is 0.531. The van der Waals surface area contributed by atoms with Gasteiger partial charge in [-0.15, -0.1) is 0 Å². The first-order valence-corrected chi connectivity index (χ1v) is 3.33. The normalized spacial score (nSPS) is 14.1. The Morgan fingerprint density at radius 1 is 1.09 bits per heavy atom. The van der Waals surface area contributed by atoms with Crippen molar-refractivity contribution >= 4 is 6.08 Å². The molecular formula is C9H7O2. The average Bonchev–Trinajstić information content (AvgIpc) is 2.04. The van der Waals surface area contributed by atoms with E-state index < -0.39 is 0 Å². The summed E-state index contributed by atoms with van der Waals surface area (Å²) in [5.41, 5.74) is 1.00. The third kappa shape index (κ3) is 1.07. The largest absolute Gasteiger partial charge is 0.294 e. The summed E-state index contributed by atoms with van der Waals surface area (Å²) < 4.78 is 0. The van der Waals surface area contributed by atoms with E-state index in [-0.39, 0.29) is 0 Å². The smallest absolute Gasteiger partial charge is 0.185 e. The van der Waals surface area contributed by atoms with Crippen molar-refractivity contribution in [3.63, 3.8) is 0 Å². The van der Waals surface area contributed by atoms with E-state index >= 15 is 0 Å². The third-order valence-electron chi connectivity index (χ3n) is 1.47. The molecule has 0 saturated carbocycles. The van der Waals surface area contributed by atoms with E-state index in [4.69, 9.17) is 9.78 Å². The maximum Gasteiger partial charge on any atom is 0.185 e. The van der Waals surface area contributed by atoms with Crippen molar-refractivity contribution in [2.24, 2.45) is 0 Å². The predicted octanol–water partition coefficient (Wildman–Crippen LogP) is 2.19. The van der Waals surface area contributed by atoms with Crippen molar-refractivity contribution < 1.29 is 9.78 Å². The highest BCUT2D eigenvalue weighted by Crippen LogP contribution is 2.25. The van der Waals surface area contributed by atoms with E-state index in [2.05, 4.69) is 6.92 Å². The summed E-state index contributed by atoms with van der Waals surface area (Å²) in [7, 11) is 0. The van der Waals surface area contributed by atoms with Gasteiger partial charge in [0.15, 0.2) is 11.5 Å². The van der Waals surface area contributed by atoms with Crippen LogP contribution in [-0.2, 0) is 4.89 Å². The minimum atomic E-state index is 0.531. The molecule has 11 heavy (non-hydrogen) atoms. The van der Waals surface area contributed by atoms with Crippen LogP contribution in [0, 0.1) is 6.92 Å². The Morgan fingerprint density at radius 2 is 1.91 bits per heavy atom. The molecule has 0 unspecified atom stereocenters. The highest BCUT2D eigenvalue weighted by Gasteiger charge is 2.08. The van der Waals surface area contributed by atoms with Gasteiger partial charge in [-0.2, -0.15) is 0 Å². The van der Waals surface area contributed by atoms with Gasteiger partial charge >= 0.3 is 0 Å². The molecule has 1 aromatic rings. The van der Waals surface area contributed by atoms with Crippen LogP contribution in [0.1, 0.15) is 5.56 Å². The number of hydrogen-bond acceptors (Lipinski definition) is 2. The molecule has 0 N–H and O–H groups in total. The molecule has 0 aliphatic carbocycles. The second-order valence-electron chi connectivity index (χ2n) is 2.32. The fourth-order valence-corrected chi connectivity index (χ4v) is 0.972. The second kappa shape index (κ2) is 2.31. The first kappa shape index (κ1) is 6.28. The van der Waals surface area contributed by atoms with Gasteiger partial charge in [-0.25, -0.2) is 0 Å². The molecule has 1 aliphatic heterocycles. The number of allylic oxidation sites excluding steroid dienone is 1. The molecule has 1 aliphatic rings. The highest BCUT2D eigenvalue weighted by molar-refractivity contribution is 5.60. The van der Waals surface area contributed by atoms with Gasteiger partial charge in [-0.1, -0.05) is 18.2 Å². The molecule has 0 bridgehead atoms. The van der Waals surface area contributed by atoms with Crippen LogP contribution in [-0.4, -0.2) is 0 Å². The number of rotatable bonds is 0. The van der Waals surface area contributed by atoms with Crippen LogP contribution in [0.25, 0.3) is 6.08 Å². The number of para-hydroxylation sites is 1. The quantitative estimate of drug-likeness (QED) is 0.523. The molecule has 1 radical (unpaired) electrons. The maximum atomic E-state index is 4.90. The summed E-state index contributed by atoms with van der Waals surface area (Å²) in [6.45, 7) is 3.61. The second-order valence-corrected chi connectivity index (χ2v) is 2.32. The van der Waals surface area contributed by atoms with Gasteiger partial charge in [0.05, 0.1) is 0 Å². The van der Waals surface area contributed by atoms with Gasteiger partial charge < -0.3 is 0 Å². The molecule has 1 aromatic carbocycles. The van der Waals surface area contributed by atoms with Crippen LogP contribution < -0.4 is 4.89 Å². The van der Waals surface area contributed by atoms with Crippen molar-refractivity contribution in [2.75, 3.05) is 0 Å². The van der Waals surface area contributed by atoms with Gasteiger partial charge in [0.1, 0.15) is 0 Å². The summed E-state index contributed by atoms with van der Waals surface area (Å²) in [6, 6.07) is 7.63. The summed E-state index contributed by atoms with van der Waals surface area (Å²) in [4.78, 5) is 9.66. The zero-order valence-corrected chi connectivity index (χ0v) is 5.91. The zero-order valence-electron chi connectivity index (χ0n) is 5.91. The van der Waals surface area contributed by atoms with E-state index in [9.17, 15) is 0 Å². The highest BCUT2D eigenvalue weighted by atomic mass is 17.2. The fourth-order valence-electron chi connectivity index (χ4n) is 0.972. The topological polar surface area (TPSA) is 18.5 Å². The van der Waals surface area contributed by atoms with Crippen molar-refractivity contribution in [1.82, 2.24) is 0 Å². The summed E-state index contributed by atoms with van der Waals surface area (Å²) in [6.07, 6.45) is 1.83. The number of fused-ring (bicyclic) bond motifs is 1. The van der Waals surface area contributed by atoms with Crippen LogP contribution in [0.4, 0.5) is 0 Å². The van der Waals surface area contributed by atoms with Crippen LogP contribution in [0.15, 0.2) is 30.0 Å². The van der Waals surface area contributed by atoms with Crippen molar-refractivity contribution in [2.45, 2.75) is 0 Å². The van der Waals surface area contributed by atoms with Crippen molar-refractivity contribution in [3.8, 4) is 5.75 Å². The Kier molecular flexibility index (Phi) is 1.32. The number of benzene rings is 1. The Balaban J connectivity index is 2.51. The maximum absolute atomic E-state index is 4.90. The molecule has 0 saturated heterocycles. The molecule has 0 aromatic heterocycles. The average molecular weight is 147 g/mol. The van der Waals surface area contributed by atoms with Crippen LogP contribution in [0.3, 0.4) is 0 Å². The lowest BCUT2D eigenvalue weighted by Crippen LogP contribution is -2.01. The monoisotopic (exact) mass is 147 g/mol. The van der Waals surface area contributed by atoms with E-state index in [1.54, 1.807) is 0 Å². The van der Waals surface area contributed by atoms with Crippen molar-refractivity contribution in [1.29, 1.82) is 0 Å². The molecule has 0 fully saturated rings. The predicted molar refractivity (Wildman–Crippen MR) is 41.5 cm³/mol. The molecule has 2 heteroatoms. The first-order valence-electron chi connectivity index (χ1n) is 3.33. The Hall–Kier alpha value is -1.44. The summed E-state index contributed by atoms with van der Waals surface area (Å²) >= 11 is 0. The lowest BCUT2D eigenvalue weighted by Gasteiger charge is -2.12. The molecule has 0 atom stereocenters. The molecule has 0 amide bonds. The minimum Gasteiger partial charge on any atom is -0.294 e. The molecular weight excluding hydrogens is 140 g/mol. The van der Waals surface area contributed by atoms with Gasteiger partial charge in [0.2, 0.25) is 0 Å². The molecule has 2 nitrogen and oxygen atoms in total. The first-order chi connectivity index (χ1) is 5.36. The van der Waals surface area contributed by atoms with Gasteiger partial charge in [-0.3, -0.25) is 9.78 Å². The van der Waals surface area contributed by atoms with E-state index in [0.717, 1.165) is 11.3 Å². The van der Waals surface area contributed by atoms with E-state index in [0.29, 0.717) is 5.76 Å². The van der Waals surface area contributed by atoms with Crippen molar-refractivity contribution in [3.05, 3.63) is 42.5 Å². The fraction of sp³-hybridized carbons (Fsp3) is 0. The summed E-state index contributed by atoms with van der Waals surface area (Å²) in [5.74, 6) is 1.27. The third-order valence-corrected chi connectivity index (χ3v) is 1.47. The summed E-state index contributed by atoms with van der Waals surface area (Å²) in [5, 5.41) is 0. The van der Waals surface area contributed by atoms with Gasteiger partial charge in [0.25, 0.3) is 0 Å². The Labute approximate surface area is 65.0 Å². The Morgan fingerprint density at radius 3 is 2.82 bits per heavy atom. The molecule has 0 spiro atoms. The lowest BCUT2D eigenvalue weighted by molar-refractivity contribution is -0.163. The Bertz CT molecular complexity index is 302. The molecule has 1 heterocycles. The van der Waals surface area contributed by atoms with Crippen LogP contribution in [0.5, 0.6) is 5.75 Å². The zero-order chi connectivity index (χ0) is 7.68. The molecule has 55 valence electrons. The van der Waals surface area contributed by atoms with E-state index in [1.165, 1.54) is 0 Å². The van der Waals surface area contributed by atoms with Crippen LogP contribution >= 0.6 is 0 Å². The standard InChI is InChI=1S/C9H7O2/c1-7-6-8-4-2-3-5-9(8)11-10-7/h2-6H,1H2.